The van der Waals surface area contributed by atoms with Gasteiger partial charge in [0.1, 0.15) is 0 Å². The van der Waals surface area contributed by atoms with Crippen molar-refractivity contribution < 1.29 is 4.79 Å². The highest BCUT2D eigenvalue weighted by Gasteiger charge is 2.26. The average molecular weight is 222 g/mol. The van der Waals surface area contributed by atoms with Gasteiger partial charge >= 0.3 is 0 Å². The molecule has 1 amide bonds. The van der Waals surface area contributed by atoms with Gasteiger partial charge in [-0.25, -0.2) is 0 Å². The summed E-state index contributed by atoms with van der Waals surface area (Å²) in [6.45, 7) is 2.57. The molecule has 0 aliphatic carbocycles. The number of hydrogen-bond acceptors (Lipinski definition) is 2. The molecule has 0 spiro atoms. The molecule has 0 N–H and O–H groups in total. The minimum absolute atomic E-state index is 0.0445. The van der Waals surface area contributed by atoms with E-state index in [4.69, 9.17) is 11.6 Å². The molecule has 1 heterocycles. The van der Waals surface area contributed by atoms with E-state index in [1.807, 2.05) is 25.7 Å². The molecule has 1 rings (SSSR count). The Balaban J connectivity index is 2.36. The number of carbonyl (C=O) groups is 1. The van der Waals surface area contributed by atoms with Crippen LogP contribution < -0.4 is 0 Å². The Bertz CT molecular complexity index is 180. The van der Waals surface area contributed by atoms with E-state index in [1.54, 1.807) is 4.90 Å². The first-order valence-corrected chi connectivity index (χ1v) is 6.17. The zero-order valence-corrected chi connectivity index (χ0v) is 9.70. The highest BCUT2D eigenvalue weighted by atomic mass is 35.5. The molecule has 2 unspecified atom stereocenters. The van der Waals surface area contributed by atoms with Crippen molar-refractivity contribution in [3.8, 4) is 0 Å². The fourth-order valence-electron chi connectivity index (χ4n) is 1.51. The summed E-state index contributed by atoms with van der Waals surface area (Å²) in [5.41, 5.74) is 0. The number of thioether (sulfide) groups is 1. The number of halogens is 1. The van der Waals surface area contributed by atoms with Crippen molar-refractivity contribution in [3.05, 3.63) is 0 Å². The highest BCUT2D eigenvalue weighted by Crippen LogP contribution is 2.24. The molecule has 0 bridgehead atoms. The third-order valence-corrected chi connectivity index (χ3v) is 3.48. The van der Waals surface area contributed by atoms with Crippen molar-refractivity contribution in [1.82, 2.24) is 4.90 Å². The maximum Gasteiger partial charge on any atom is 0.226 e. The molecule has 0 aromatic carbocycles. The van der Waals surface area contributed by atoms with Crippen LogP contribution >= 0.6 is 23.4 Å². The fourth-order valence-corrected chi connectivity index (χ4v) is 2.93. The quantitative estimate of drug-likeness (QED) is 0.678. The SMILES string of the molecule is CC(Cl)CN(C)C(=O)C1CCSC1. The fraction of sp³-hybridized carbons (Fsp3) is 0.889. The van der Waals surface area contributed by atoms with Gasteiger partial charge in [-0.2, -0.15) is 11.8 Å². The van der Waals surface area contributed by atoms with Gasteiger partial charge in [-0.15, -0.1) is 11.6 Å². The molecule has 0 aromatic rings. The molecule has 2 atom stereocenters. The van der Waals surface area contributed by atoms with Crippen LogP contribution in [0.25, 0.3) is 0 Å². The summed E-state index contributed by atoms with van der Waals surface area (Å²) in [5, 5.41) is 0.0445. The molecule has 1 fully saturated rings. The normalized spacial score (nSPS) is 24.4. The minimum atomic E-state index is 0.0445. The molecule has 76 valence electrons. The van der Waals surface area contributed by atoms with Gasteiger partial charge in [-0.1, -0.05) is 0 Å². The van der Waals surface area contributed by atoms with Gasteiger partial charge in [-0.3, -0.25) is 4.79 Å². The van der Waals surface area contributed by atoms with Crippen LogP contribution in [0.4, 0.5) is 0 Å². The first-order chi connectivity index (χ1) is 6.11. The van der Waals surface area contributed by atoms with Gasteiger partial charge in [0.25, 0.3) is 0 Å². The second-order valence-electron chi connectivity index (χ2n) is 3.56. The van der Waals surface area contributed by atoms with E-state index in [2.05, 4.69) is 0 Å². The van der Waals surface area contributed by atoms with Crippen molar-refractivity contribution in [2.45, 2.75) is 18.7 Å². The Hall–Kier alpha value is 0.110. The Morgan fingerprint density at radius 1 is 1.77 bits per heavy atom. The Morgan fingerprint density at radius 3 is 2.92 bits per heavy atom. The second kappa shape index (κ2) is 5.11. The highest BCUT2D eigenvalue weighted by molar-refractivity contribution is 7.99. The third kappa shape index (κ3) is 3.39. The van der Waals surface area contributed by atoms with Crippen LogP contribution in [-0.4, -0.2) is 41.3 Å². The summed E-state index contributed by atoms with van der Waals surface area (Å²) in [7, 11) is 1.84. The van der Waals surface area contributed by atoms with Crippen LogP contribution in [0.1, 0.15) is 13.3 Å². The number of hydrogen-bond donors (Lipinski definition) is 0. The average Bonchev–Trinajstić information content (AvgIpc) is 2.53. The zero-order chi connectivity index (χ0) is 9.84. The van der Waals surface area contributed by atoms with Gasteiger partial charge in [0.15, 0.2) is 0 Å². The smallest absolute Gasteiger partial charge is 0.226 e. The summed E-state index contributed by atoms with van der Waals surface area (Å²) in [4.78, 5) is 13.5. The van der Waals surface area contributed by atoms with E-state index in [9.17, 15) is 4.79 Å². The Kier molecular flexibility index (Phi) is 4.39. The van der Waals surface area contributed by atoms with Crippen LogP contribution in [0.15, 0.2) is 0 Å². The summed E-state index contributed by atoms with van der Waals surface area (Å²) in [6.07, 6.45) is 1.03. The molecule has 1 aliphatic rings. The molecule has 1 saturated heterocycles. The maximum absolute atomic E-state index is 11.7. The molecule has 1 aliphatic heterocycles. The monoisotopic (exact) mass is 221 g/mol. The van der Waals surface area contributed by atoms with Crippen molar-refractivity contribution in [2.24, 2.45) is 5.92 Å². The molecule has 13 heavy (non-hydrogen) atoms. The van der Waals surface area contributed by atoms with Crippen LogP contribution in [0.5, 0.6) is 0 Å². The van der Waals surface area contributed by atoms with Crippen LogP contribution in [0.3, 0.4) is 0 Å². The Labute approximate surface area is 89.0 Å². The third-order valence-electron chi connectivity index (χ3n) is 2.18. The van der Waals surface area contributed by atoms with E-state index in [0.29, 0.717) is 6.54 Å². The molecular formula is C9H16ClNOS. The Morgan fingerprint density at radius 2 is 2.46 bits per heavy atom. The second-order valence-corrected chi connectivity index (χ2v) is 5.45. The van der Waals surface area contributed by atoms with Crippen molar-refractivity contribution in [3.63, 3.8) is 0 Å². The van der Waals surface area contributed by atoms with Gasteiger partial charge in [0.05, 0.1) is 0 Å². The van der Waals surface area contributed by atoms with Crippen LogP contribution in [-0.2, 0) is 4.79 Å². The van der Waals surface area contributed by atoms with E-state index in [1.165, 1.54) is 0 Å². The molecule has 2 nitrogen and oxygen atoms in total. The van der Waals surface area contributed by atoms with Crippen LogP contribution in [0, 0.1) is 5.92 Å². The summed E-state index contributed by atoms with van der Waals surface area (Å²) >= 11 is 7.69. The standard InChI is InChI=1S/C9H16ClNOS/c1-7(10)5-11(2)9(12)8-3-4-13-6-8/h7-8H,3-6H2,1-2H3. The summed E-state index contributed by atoms with van der Waals surface area (Å²) in [5.74, 6) is 2.61. The molecule has 0 radical (unpaired) electrons. The number of rotatable bonds is 3. The molecular weight excluding hydrogens is 206 g/mol. The topological polar surface area (TPSA) is 20.3 Å². The number of amides is 1. The van der Waals surface area contributed by atoms with E-state index in [-0.39, 0.29) is 17.2 Å². The predicted molar refractivity (Wildman–Crippen MR) is 58.4 cm³/mol. The lowest BCUT2D eigenvalue weighted by atomic mass is 10.1. The van der Waals surface area contributed by atoms with Crippen molar-refractivity contribution in [1.29, 1.82) is 0 Å². The molecule has 4 heteroatoms. The van der Waals surface area contributed by atoms with Crippen molar-refractivity contribution in [2.75, 3.05) is 25.1 Å². The lowest BCUT2D eigenvalue weighted by molar-refractivity contribution is -0.133. The number of alkyl halides is 1. The van der Waals surface area contributed by atoms with Gasteiger partial charge in [0, 0.05) is 30.6 Å². The lowest BCUT2D eigenvalue weighted by Crippen LogP contribution is -2.36. The molecule has 0 saturated carbocycles. The largest absolute Gasteiger partial charge is 0.344 e. The summed E-state index contributed by atoms with van der Waals surface area (Å²) < 4.78 is 0. The van der Waals surface area contributed by atoms with Crippen molar-refractivity contribution >= 4 is 29.3 Å². The van der Waals surface area contributed by atoms with Gasteiger partial charge < -0.3 is 4.90 Å². The number of carbonyl (C=O) groups excluding carboxylic acids is 1. The van der Waals surface area contributed by atoms with E-state index in [0.717, 1.165) is 17.9 Å². The predicted octanol–water partition coefficient (Wildman–Crippen LogP) is 1.83. The van der Waals surface area contributed by atoms with E-state index >= 15 is 0 Å². The van der Waals surface area contributed by atoms with E-state index < -0.39 is 0 Å². The summed E-state index contributed by atoms with van der Waals surface area (Å²) in [6, 6.07) is 0. The lowest BCUT2D eigenvalue weighted by Gasteiger charge is -2.21. The van der Waals surface area contributed by atoms with Gasteiger partial charge in [0.2, 0.25) is 5.91 Å². The van der Waals surface area contributed by atoms with Crippen LogP contribution in [0.2, 0.25) is 0 Å². The number of nitrogens with zero attached hydrogens (tertiary/aromatic N) is 1. The van der Waals surface area contributed by atoms with Gasteiger partial charge in [-0.05, 0) is 19.1 Å². The molecule has 0 aromatic heterocycles. The minimum Gasteiger partial charge on any atom is -0.344 e. The zero-order valence-electron chi connectivity index (χ0n) is 8.12. The first kappa shape index (κ1) is 11.2. The maximum atomic E-state index is 11.7. The first-order valence-electron chi connectivity index (χ1n) is 4.58.